The summed E-state index contributed by atoms with van der Waals surface area (Å²) in [5, 5.41) is 0. The number of halogens is 2. The molecule has 9 heteroatoms. The molecule has 2 aromatic rings. The van der Waals surface area contributed by atoms with Gasteiger partial charge in [0, 0.05) is 35.4 Å². The molecule has 1 amide bonds. The molecule has 2 aliphatic rings. The summed E-state index contributed by atoms with van der Waals surface area (Å²) in [6, 6.07) is 12.2. The van der Waals surface area contributed by atoms with Gasteiger partial charge in [0.05, 0.1) is 9.77 Å². The van der Waals surface area contributed by atoms with Gasteiger partial charge in [0.1, 0.15) is 5.82 Å². The number of carbonyl (C=O) groups excluding carboxylic acids is 1. The Morgan fingerprint density at radius 3 is 2.24 bits per heavy atom. The van der Waals surface area contributed by atoms with Crippen LogP contribution in [0.1, 0.15) is 23.2 Å². The Balaban J connectivity index is 1.50. The Morgan fingerprint density at radius 2 is 1.62 bits per heavy atom. The Kier molecular flexibility index (Phi) is 5.76. The molecule has 5 nitrogen and oxygen atoms in total. The van der Waals surface area contributed by atoms with Crippen molar-refractivity contribution in [2.75, 3.05) is 25.4 Å². The second kappa shape index (κ2) is 8.02. The van der Waals surface area contributed by atoms with Gasteiger partial charge in [-0.1, -0.05) is 15.9 Å². The van der Waals surface area contributed by atoms with E-state index in [-0.39, 0.29) is 15.7 Å². The fourth-order valence-corrected chi connectivity index (χ4v) is 7.05. The SMILES string of the molecule is O=C(c1ccc(Br)cc1)N1CCSC12CCN(S(=O)(=O)c1ccc(F)cc1)CC2. The molecule has 2 heterocycles. The summed E-state index contributed by atoms with van der Waals surface area (Å²) >= 11 is 5.12. The van der Waals surface area contributed by atoms with Crippen LogP contribution in [0.5, 0.6) is 0 Å². The minimum atomic E-state index is -3.67. The van der Waals surface area contributed by atoms with Crippen molar-refractivity contribution in [1.29, 1.82) is 0 Å². The third-order valence-corrected chi connectivity index (χ3v) is 9.46. The zero-order valence-electron chi connectivity index (χ0n) is 15.6. The summed E-state index contributed by atoms with van der Waals surface area (Å²) in [7, 11) is -3.67. The number of thioether (sulfide) groups is 1. The van der Waals surface area contributed by atoms with Crippen molar-refractivity contribution in [3.8, 4) is 0 Å². The number of rotatable bonds is 3. The number of hydrogen-bond acceptors (Lipinski definition) is 4. The fourth-order valence-electron chi connectivity index (χ4n) is 3.89. The van der Waals surface area contributed by atoms with Crippen molar-refractivity contribution in [1.82, 2.24) is 9.21 Å². The average molecular weight is 499 g/mol. The standard InChI is InChI=1S/C20H20BrFN2O3S2/c21-16-3-1-15(2-4-16)19(25)24-13-14-28-20(24)9-11-23(12-10-20)29(26,27)18-7-5-17(22)6-8-18/h1-8H,9-14H2. The Hall–Kier alpha value is -1.42. The zero-order chi connectivity index (χ0) is 20.6. The minimum absolute atomic E-state index is 0.0164. The second-order valence-corrected chi connectivity index (χ2v) is 11.4. The minimum Gasteiger partial charge on any atom is -0.323 e. The maximum absolute atomic E-state index is 13.1. The summed E-state index contributed by atoms with van der Waals surface area (Å²) in [5.41, 5.74) is 0.636. The summed E-state index contributed by atoms with van der Waals surface area (Å²) in [6.45, 7) is 1.32. The van der Waals surface area contributed by atoms with E-state index in [2.05, 4.69) is 15.9 Å². The first-order chi connectivity index (χ1) is 13.8. The summed E-state index contributed by atoms with van der Waals surface area (Å²) < 4.78 is 41.3. The van der Waals surface area contributed by atoms with E-state index >= 15 is 0 Å². The maximum atomic E-state index is 13.1. The van der Waals surface area contributed by atoms with Crippen LogP contribution >= 0.6 is 27.7 Å². The molecule has 0 saturated carbocycles. The predicted octanol–water partition coefficient (Wildman–Crippen LogP) is 3.96. The van der Waals surface area contributed by atoms with E-state index in [1.165, 1.54) is 16.4 Å². The van der Waals surface area contributed by atoms with Gasteiger partial charge in [-0.15, -0.1) is 11.8 Å². The molecule has 29 heavy (non-hydrogen) atoms. The first-order valence-electron chi connectivity index (χ1n) is 9.29. The van der Waals surface area contributed by atoms with Crippen LogP contribution in [0.3, 0.4) is 0 Å². The van der Waals surface area contributed by atoms with E-state index in [9.17, 15) is 17.6 Å². The second-order valence-electron chi connectivity index (χ2n) is 7.12. The molecule has 0 aromatic heterocycles. The maximum Gasteiger partial charge on any atom is 0.254 e. The van der Waals surface area contributed by atoms with Crippen LogP contribution in [0, 0.1) is 5.82 Å². The van der Waals surface area contributed by atoms with Crippen LogP contribution in [0.25, 0.3) is 0 Å². The Labute approximate surface area is 182 Å². The van der Waals surface area contributed by atoms with Gasteiger partial charge in [-0.25, -0.2) is 12.8 Å². The highest BCUT2D eigenvalue weighted by molar-refractivity contribution is 9.10. The summed E-state index contributed by atoms with van der Waals surface area (Å²) in [6.07, 6.45) is 1.14. The molecule has 0 aliphatic carbocycles. The highest BCUT2D eigenvalue weighted by Crippen LogP contribution is 2.45. The monoisotopic (exact) mass is 498 g/mol. The van der Waals surface area contributed by atoms with E-state index in [1.54, 1.807) is 23.9 Å². The molecule has 2 saturated heterocycles. The van der Waals surface area contributed by atoms with Crippen molar-refractivity contribution in [2.45, 2.75) is 22.6 Å². The molecule has 0 bridgehead atoms. The Morgan fingerprint density at radius 1 is 1.00 bits per heavy atom. The molecule has 154 valence electrons. The smallest absolute Gasteiger partial charge is 0.254 e. The highest BCUT2D eigenvalue weighted by atomic mass is 79.9. The molecular weight excluding hydrogens is 479 g/mol. The van der Waals surface area contributed by atoms with E-state index in [4.69, 9.17) is 0 Å². The van der Waals surface area contributed by atoms with Gasteiger partial charge >= 0.3 is 0 Å². The van der Waals surface area contributed by atoms with Gasteiger partial charge in [0.15, 0.2) is 0 Å². The third-order valence-electron chi connectivity index (χ3n) is 5.47. The molecule has 0 unspecified atom stereocenters. The van der Waals surface area contributed by atoms with Gasteiger partial charge in [-0.3, -0.25) is 4.79 Å². The normalized spacial score (nSPS) is 19.6. The first kappa shape index (κ1) is 20.8. The van der Waals surface area contributed by atoms with Crippen LogP contribution in [0.15, 0.2) is 57.9 Å². The lowest BCUT2D eigenvalue weighted by Crippen LogP contribution is -2.53. The lowest BCUT2D eigenvalue weighted by molar-refractivity contribution is 0.0605. The highest BCUT2D eigenvalue weighted by Gasteiger charge is 2.48. The number of piperidine rings is 1. The number of amides is 1. The lowest BCUT2D eigenvalue weighted by Gasteiger charge is -2.43. The van der Waals surface area contributed by atoms with Gasteiger partial charge in [0.2, 0.25) is 10.0 Å². The molecule has 2 aliphatic heterocycles. The van der Waals surface area contributed by atoms with Gasteiger partial charge in [-0.2, -0.15) is 4.31 Å². The molecule has 4 rings (SSSR count). The van der Waals surface area contributed by atoms with Crippen LogP contribution in [0.2, 0.25) is 0 Å². The fraction of sp³-hybridized carbons (Fsp3) is 0.350. The zero-order valence-corrected chi connectivity index (χ0v) is 18.8. The van der Waals surface area contributed by atoms with Crippen molar-refractivity contribution in [2.24, 2.45) is 0 Å². The Bertz CT molecular complexity index is 1010. The summed E-state index contributed by atoms with van der Waals surface area (Å²) in [4.78, 5) is 14.7. The van der Waals surface area contributed by atoms with Gasteiger partial charge < -0.3 is 4.90 Å². The molecular formula is C20H20BrFN2O3S2. The largest absolute Gasteiger partial charge is 0.323 e. The first-order valence-corrected chi connectivity index (χ1v) is 12.5. The molecule has 0 N–H and O–H groups in total. The van der Waals surface area contributed by atoms with Gasteiger partial charge in [-0.05, 0) is 61.4 Å². The molecule has 1 spiro atoms. The molecule has 0 radical (unpaired) electrons. The number of benzene rings is 2. The van der Waals surface area contributed by atoms with Crippen molar-refractivity contribution < 1.29 is 17.6 Å². The topological polar surface area (TPSA) is 57.7 Å². The number of hydrogen-bond donors (Lipinski definition) is 0. The predicted molar refractivity (Wildman–Crippen MR) is 115 cm³/mol. The van der Waals surface area contributed by atoms with Crippen LogP contribution < -0.4 is 0 Å². The quantitative estimate of drug-likeness (QED) is 0.642. The third kappa shape index (κ3) is 3.97. The van der Waals surface area contributed by atoms with Gasteiger partial charge in [0.25, 0.3) is 5.91 Å². The van der Waals surface area contributed by atoms with E-state index in [1.807, 2.05) is 17.0 Å². The van der Waals surface area contributed by atoms with Crippen LogP contribution in [-0.2, 0) is 10.0 Å². The lowest BCUT2D eigenvalue weighted by atomic mass is 10.0. The van der Waals surface area contributed by atoms with Crippen LogP contribution in [0.4, 0.5) is 4.39 Å². The van der Waals surface area contributed by atoms with Crippen molar-refractivity contribution in [3.63, 3.8) is 0 Å². The van der Waals surface area contributed by atoms with E-state index < -0.39 is 15.8 Å². The van der Waals surface area contributed by atoms with Crippen molar-refractivity contribution in [3.05, 3.63) is 64.4 Å². The number of sulfonamides is 1. The molecule has 2 aromatic carbocycles. The summed E-state index contributed by atoms with van der Waals surface area (Å²) in [5.74, 6) is 0.357. The van der Waals surface area contributed by atoms with E-state index in [0.717, 1.165) is 22.4 Å². The van der Waals surface area contributed by atoms with Crippen molar-refractivity contribution >= 4 is 43.6 Å². The van der Waals surface area contributed by atoms with E-state index in [0.29, 0.717) is 38.0 Å². The molecule has 0 atom stereocenters. The average Bonchev–Trinajstić information content (AvgIpc) is 3.11. The number of carbonyl (C=O) groups is 1. The number of nitrogens with zero attached hydrogens (tertiary/aromatic N) is 2. The van der Waals surface area contributed by atoms with Crippen LogP contribution in [-0.4, -0.2) is 53.8 Å². The molecule has 2 fully saturated rings.